The maximum Gasteiger partial charge on any atom is 0.141 e. The standard InChI is InChI=1S/C9H8BrClN2OS/c10-5-1-3-14-8(5)7(13-12)9-6(11)2-4-15-9/h1-4,7,13H,12H2. The molecule has 0 aliphatic rings. The molecule has 0 saturated heterocycles. The van der Waals surface area contributed by atoms with Gasteiger partial charge in [0, 0.05) is 4.88 Å². The van der Waals surface area contributed by atoms with Crippen molar-refractivity contribution in [1.29, 1.82) is 0 Å². The first-order valence-corrected chi connectivity index (χ1v) is 6.21. The van der Waals surface area contributed by atoms with Crippen molar-refractivity contribution in [2.45, 2.75) is 6.04 Å². The van der Waals surface area contributed by atoms with Gasteiger partial charge in [0.25, 0.3) is 0 Å². The molecule has 1 unspecified atom stereocenters. The van der Waals surface area contributed by atoms with Crippen LogP contribution in [0.25, 0.3) is 0 Å². The average molecular weight is 308 g/mol. The van der Waals surface area contributed by atoms with Gasteiger partial charge in [-0.05, 0) is 33.4 Å². The summed E-state index contributed by atoms with van der Waals surface area (Å²) in [6, 6.07) is 3.44. The van der Waals surface area contributed by atoms with Crippen molar-refractivity contribution in [2.75, 3.05) is 0 Å². The summed E-state index contributed by atoms with van der Waals surface area (Å²) in [4.78, 5) is 0.940. The molecule has 2 heterocycles. The molecular formula is C9H8BrClN2OS. The minimum absolute atomic E-state index is 0.220. The van der Waals surface area contributed by atoms with Crippen molar-refractivity contribution < 1.29 is 4.42 Å². The fourth-order valence-electron chi connectivity index (χ4n) is 1.29. The quantitative estimate of drug-likeness (QED) is 0.675. The molecule has 0 aliphatic carbocycles. The van der Waals surface area contributed by atoms with Gasteiger partial charge in [0.2, 0.25) is 0 Å². The van der Waals surface area contributed by atoms with E-state index in [9.17, 15) is 0 Å². The van der Waals surface area contributed by atoms with Crippen LogP contribution in [0.4, 0.5) is 0 Å². The Balaban J connectivity index is 2.41. The zero-order chi connectivity index (χ0) is 10.8. The third-order valence-corrected chi connectivity index (χ3v) is 4.06. The summed E-state index contributed by atoms with van der Waals surface area (Å²) in [7, 11) is 0. The Morgan fingerprint density at radius 3 is 2.80 bits per heavy atom. The smallest absolute Gasteiger partial charge is 0.141 e. The molecule has 0 aliphatic heterocycles. The Hall–Kier alpha value is -0.330. The molecular weight excluding hydrogens is 300 g/mol. The second-order valence-corrected chi connectivity index (χ2v) is 5.07. The first kappa shape index (κ1) is 11.2. The monoisotopic (exact) mass is 306 g/mol. The number of rotatable bonds is 3. The zero-order valence-corrected chi connectivity index (χ0v) is 10.7. The maximum absolute atomic E-state index is 6.04. The largest absolute Gasteiger partial charge is 0.466 e. The van der Waals surface area contributed by atoms with Crippen molar-refractivity contribution in [1.82, 2.24) is 5.43 Å². The molecule has 1 atom stereocenters. The van der Waals surface area contributed by atoms with Gasteiger partial charge in [0.1, 0.15) is 11.8 Å². The molecule has 15 heavy (non-hydrogen) atoms. The number of hydrazine groups is 1. The van der Waals surface area contributed by atoms with Crippen LogP contribution in [-0.4, -0.2) is 0 Å². The predicted molar refractivity (Wildman–Crippen MR) is 64.9 cm³/mol. The topological polar surface area (TPSA) is 51.2 Å². The number of nitrogens with two attached hydrogens (primary N) is 1. The second kappa shape index (κ2) is 4.67. The van der Waals surface area contributed by atoms with Gasteiger partial charge in [0.15, 0.2) is 0 Å². The molecule has 2 aromatic rings. The molecule has 80 valence electrons. The first-order chi connectivity index (χ1) is 7.24. The third-order valence-electron chi connectivity index (χ3n) is 1.98. The SMILES string of the molecule is NNC(c1occc1Br)c1sccc1Cl. The van der Waals surface area contributed by atoms with Crippen LogP contribution in [0.3, 0.4) is 0 Å². The minimum Gasteiger partial charge on any atom is -0.466 e. The zero-order valence-electron chi connectivity index (χ0n) is 7.54. The van der Waals surface area contributed by atoms with Gasteiger partial charge >= 0.3 is 0 Å². The van der Waals surface area contributed by atoms with Crippen molar-refractivity contribution in [3.63, 3.8) is 0 Å². The van der Waals surface area contributed by atoms with Gasteiger partial charge in [-0.2, -0.15) is 0 Å². The molecule has 2 aromatic heterocycles. The van der Waals surface area contributed by atoms with Gasteiger partial charge in [-0.3, -0.25) is 5.84 Å². The number of halogens is 2. The van der Waals surface area contributed by atoms with Gasteiger partial charge in [-0.1, -0.05) is 11.6 Å². The molecule has 0 radical (unpaired) electrons. The molecule has 0 spiro atoms. The predicted octanol–water partition coefficient (Wildman–Crippen LogP) is 3.31. The summed E-state index contributed by atoms with van der Waals surface area (Å²) < 4.78 is 6.23. The number of thiophene rings is 1. The van der Waals surface area contributed by atoms with E-state index in [-0.39, 0.29) is 6.04 Å². The number of furan rings is 1. The van der Waals surface area contributed by atoms with E-state index in [1.807, 2.05) is 17.5 Å². The van der Waals surface area contributed by atoms with Crippen molar-refractivity contribution in [2.24, 2.45) is 5.84 Å². The molecule has 0 bridgehead atoms. The van der Waals surface area contributed by atoms with E-state index in [0.717, 1.165) is 15.1 Å². The Labute approximate surface area is 104 Å². The summed E-state index contributed by atoms with van der Waals surface area (Å²) in [5, 5.41) is 2.60. The highest BCUT2D eigenvalue weighted by atomic mass is 79.9. The van der Waals surface area contributed by atoms with Crippen molar-refractivity contribution in [3.05, 3.63) is 43.9 Å². The van der Waals surface area contributed by atoms with Gasteiger partial charge < -0.3 is 4.42 Å². The molecule has 3 N–H and O–H groups in total. The highest BCUT2D eigenvalue weighted by Gasteiger charge is 2.22. The van der Waals surface area contributed by atoms with E-state index in [1.165, 1.54) is 11.3 Å². The fraction of sp³-hybridized carbons (Fsp3) is 0.111. The van der Waals surface area contributed by atoms with Gasteiger partial charge in [0.05, 0.1) is 15.8 Å². The maximum atomic E-state index is 6.04. The van der Waals surface area contributed by atoms with Crippen molar-refractivity contribution >= 4 is 38.9 Å². The lowest BCUT2D eigenvalue weighted by Crippen LogP contribution is -2.28. The van der Waals surface area contributed by atoms with E-state index >= 15 is 0 Å². The van der Waals surface area contributed by atoms with Gasteiger partial charge in [-0.25, -0.2) is 5.43 Å². The van der Waals surface area contributed by atoms with Crippen LogP contribution in [0.2, 0.25) is 5.02 Å². The molecule has 3 nitrogen and oxygen atoms in total. The Bertz CT molecular complexity index is 416. The van der Waals surface area contributed by atoms with Crippen LogP contribution in [0.15, 0.2) is 32.7 Å². The summed E-state index contributed by atoms with van der Waals surface area (Å²) in [5.41, 5.74) is 2.69. The summed E-state index contributed by atoms with van der Waals surface area (Å²) >= 11 is 11.0. The highest BCUT2D eigenvalue weighted by Crippen LogP contribution is 2.35. The number of hydrogen-bond donors (Lipinski definition) is 2. The van der Waals surface area contributed by atoms with E-state index in [1.54, 1.807) is 6.26 Å². The molecule has 0 aromatic carbocycles. The van der Waals surface area contributed by atoms with Crippen LogP contribution < -0.4 is 11.3 Å². The normalized spacial score (nSPS) is 13.0. The Morgan fingerprint density at radius 1 is 1.53 bits per heavy atom. The number of nitrogens with one attached hydrogen (secondary N) is 1. The lowest BCUT2D eigenvalue weighted by molar-refractivity contribution is 0.453. The van der Waals surface area contributed by atoms with Crippen LogP contribution in [-0.2, 0) is 0 Å². The van der Waals surface area contributed by atoms with E-state index < -0.39 is 0 Å². The molecule has 0 saturated carbocycles. The van der Waals surface area contributed by atoms with Crippen molar-refractivity contribution in [3.8, 4) is 0 Å². The Kier molecular flexibility index (Phi) is 3.48. The fourth-order valence-corrected chi connectivity index (χ4v) is 2.95. The number of hydrogen-bond acceptors (Lipinski definition) is 4. The summed E-state index contributed by atoms with van der Waals surface area (Å²) in [6.07, 6.45) is 1.60. The summed E-state index contributed by atoms with van der Waals surface area (Å²) in [5.74, 6) is 6.23. The van der Waals surface area contributed by atoms with E-state index in [0.29, 0.717) is 5.02 Å². The van der Waals surface area contributed by atoms with Gasteiger partial charge in [-0.15, -0.1) is 11.3 Å². The highest BCUT2D eigenvalue weighted by molar-refractivity contribution is 9.10. The molecule has 2 rings (SSSR count). The van der Waals surface area contributed by atoms with Crippen LogP contribution >= 0.6 is 38.9 Å². The van der Waals surface area contributed by atoms with E-state index in [2.05, 4.69) is 21.4 Å². The Morgan fingerprint density at radius 2 is 2.33 bits per heavy atom. The summed E-state index contributed by atoms with van der Waals surface area (Å²) in [6.45, 7) is 0. The second-order valence-electron chi connectivity index (χ2n) is 2.87. The average Bonchev–Trinajstić information content (AvgIpc) is 2.80. The molecule has 0 fully saturated rings. The minimum atomic E-state index is -0.220. The van der Waals surface area contributed by atoms with Crippen LogP contribution in [0, 0.1) is 0 Å². The first-order valence-electron chi connectivity index (χ1n) is 4.16. The van der Waals surface area contributed by atoms with E-state index in [4.69, 9.17) is 21.9 Å². The third kappa shape index (κ3) is 2.11. The molecule has 6 heteroatoms. The lowest BCUT2D eigenvalue weighted by atomic mass is 10.2. The van der Waals surface area contributed by atoms with Crippen LogP contribution in [0.1, 0.15) is 16.7 Å². The molecule has 0 amide bonds. The van der Waals surface area contributed by atoms with Crippen LogP contribution in [0.5, 0.6) is 0 Å². The lowest BCUT2D eigenvalue weighted by Gasteiger charge is -2.12.